The van der Waals surface area contributed by atoms with Crippen LogP contribution in [0.3, 0.4) is 0 Å². The van der Waals surface area contributed by atoms with Gasteiger partial charge in [-0.3, -0.25) is 0 Å². The van der Waals surface area contributed by atoms with Crippen molar-refractivity contribution in [2.45, 2.75) is 13.0 Å². The van der Waals surface area contributed by atoms with E-state index in [9.17, 15) is 4.79 Å². The third-order valence-electron chi connectivity index (χ3n) is 1.70. The molecular weight excluding hydrogens is 184 g/mol. The van der Waals surface area contributed by atoms with Gasteiger partial charge >= 0.3 is 5.97 Å². The molecule has 0 spiro atoms. The van der Waals surface area contributed by atoms with Crippen LogP contribution in [-0.4, -0.2) is 33.8 Å². The Morgan fingerprint density at radius 3 is 3.00 bits per heavy atom. The molecule has 1 unspecified atom stereocenters. The van der Waals surface area contributed by atoms with Crippen molar-refractivity contribution in [1.29, 1.82) is 0 Å². The smallest absolute Gasteiger partial charge is 0.339 e. The van der Waals surface area contributed by atoms with E-state index < -0.39 is 5.97 Å². The molecule has 0 fully saturated rings. The third kappa shape index (κ3) is 2.43. The summed E-state index contributed by atoms with van der Waals surface area (Å²) < 4.78 is 0. The Kier molecular flexibility index (Phi) is 3.41. The summed E-state index contributed by atoms with van der Waals surface area (Å²) in [6.45, 7) is 1.66. The highest BCUT2D eigenvalue weighted by Crippen LogP contribution is 2.11. The van der Waals surface area contributed by atoms with Gasteiger partial charge in [-0.15, -0.1) is 0 Å². The summed E-state index contributed by atoms with van der Waals surface area (Å²) in [5.74, 6) is -0.757. The average Bonchev–Trinajstić information content (AvgIpc) is 2.18. The molecule has 1 aromatic rings. The predicted octanol–water partition coefficient (Wildman–Crippen LogP) is 0.573. The first-order valence-electron chi connectivity index (χ1n) is 4.21. The van der Waals surface area contributed by atoms with Gasteiger partial charge in [0, 0.05) is 12.2 Å². The number of nitrogens with one attached hydrogen (secondary N) is 1. The van der Waals surface area contributed by atoms with E-state index >= 15 is 0 Å². The maximum atomic E-state index is 10.7. The molecule has 76 valence electrons. The van der Waals surface area contributed by atoms with Crippen LogP contribution in [0.1, 0.15) is 17.3 Å². The molecule has 0 saturated carbocycles. The molecule has 5 nitrogen and oxygen atoms in total. The second kappa shape index (κ2) is 4.57. The monoisotopic (exact) mass is 196 g/mol. The minimum absolute atomic E-state index is 0.0738. The molecule has 0 aliphatic carbocycles. The highest BCUT2D eigenvalue weighted by molar-refractivity contribution is 5.93. The Morgan fingerprint density at radius 1 is 1.71 bits per heavy atom. The van der Waals surface area contributed by atoms with E-state index in [4.69, 9.17) is 10.2 Å². The first-order valence-corrected chi connectivity index (χ1v) is 4.21. The quantitative estimate of drug-likeness (QED) is 0.655. The molecule has 0 aliphatic heterocycles. The number of pyridine rings is 1. The number of aromatic nitrogens is 1. The molecule has 0 aromatic carbocycles. The first-order chi connectivity index (χ1) is 6.65. The summed E-state index contributed by atoms with van der Waals surface area (Å²) in [6, 6.07) is 2.79. The highest BCUT2D eigenvalue weighted by atomic mass is 16.4. The van der Waals surface area contributed by atoms with Gasteiger partial charge in [-0.2, -0.15) is 0 Å². The van der Waals surface area contributed by atoms with E-state index in [2.05, 4.69) is 10.3 Å². The van der Waals surface area contributed by atoms with Crippen LogP contribution in [0, 0.1) is 0 Å². The summed E-state index contributed by atoms with van der Waals surface area (Å²) in [5.41, 5.74) is 0.104. The van der Waals surface area contributed by atoms with Gasteiger partial charge in [0.25, 0.3) is 0 Å². The van der Waals surface area contributed by atoms with Gasteiger partial charge in [0.05, 0.1) is 6.61 Å². The van der Waals surface area contributed by atoms with E-state index in [0.717, 1.165) is 0 Å². The molecule has 3 N–H and O–H groups in total. The fourth-order valence-corrected chi connectivity index (χ4v) is 0.972. The van der Waals surface area contributed by atoms with Crippen LogP contribution in [0.15, 0.2) is 18.3 Å². The van der Waals surface area contributed by atoms with Crippen molar-refractivity contribution >= 4 is 11.8 Å². The van der Waals surface area contributed by atoms with Crippen molar-refractivity contribution in [3.8, 4) is 0 Å². The molecular formula is C9H12N2O3. The van der Waals surface area contributed by atoms with Crippen LogP contribution >= 0.6 is 0 Å². The second-order valence-corrected chi connectivity index (χ2v) is 2.93. The molecule has 1 rings (SSSR count). The Bertz CT molecular complexity index is 328. The number of aliphatic hydroxyl groups excluding tert-OH is 1. The van der Waals surface area contributed by atoms with Gasteiger partial charge in [-0.25, -0.2) is 9.78 Å². The standard InChI is InChI=1S/C9H12N2O3/c1-6(5-12)11-8-7(9(13)14)3-2-4-10-8/h2-4,6,12H,5H2,1H3,(H,10,11)(H,13,14). The largest absolute Gasteiger partial charge is 0.478 e. The topological polar surface area (TPSA) is 82.5 Å². The zero-order valence-electron chi connectivity index (χ0n) is 7.77. The lowest BCUT2D eigenvalue weighted by atomic mass is 10.2. The number of carbonyl (C=O) groups is 1. The van der Waals surface area contributed by atoms with Crippen molar-refractivity contribution in [2.24, 2.45) is 0 Å². The Morgan fingerprint density at radius 2 is 2.43 bits per heavy atom. The zero-order valence-corrected chi connectivity index (χ0v) is 7.77. The summed E-state index contributed by atoms with van der Waals surface area (Å²) in [7, 11) is 0. The zero-order chi connectivity index (χ0) is 10.6. The lowest BCUT2D eigenvalue weighted by molar-refractivity contribution is 0.0697. The van der Waals surface area contributed by atoms with Gasteiger partial charge in [0.15, 0.2) is 0 Å². The lowest BCUT2D eigenvalue weighted by Gasteiger charge is -2.12. The van der Waals surface area contributed by atoms with Gasteiger partial charge in [0.1, 0.15) is 11.4 Å². The van der Waals surface area contributed by atoms with Crippen LogP contribution < -0.4 is 5.32 Å². The van der Waals surface area contributed by atoms with Gasteiger partial charge in [-0.05, 0) is 19.1 Å². The minimum atomic E-state index is -1.04. The number of aromatic carboxylic acids is 1. The molecule has 1 heterocycles. The fraction of sp³-hybridized carbons (Fsp3) is 0.333. The van der Waals surface area contributed by atoms with Crippen LogP contribution in [-0.2, 0) is 0 Å². The average molecular weight is 196 g/mol. The summed E-state index contributed by atoms with van der Waals surface area (Å²) in [5, 5.41) is 20.4. The van der Waals surface area contributed by atoms with E-state index in [-0.39, 0.29) is 24.0 Å². The SMILES string of the molecule is CC(CO)Nc1ncccc1C(=O)O. The normalized spacial score (nSPS) is 12.1. The molecule has 0 saturated heterocycles. The minimum Gasteiger partial charge on any atom is -0.478 e. The first kappa shape index (κ1) is 10.5. The van der Waals surface area contributed by atoms with Crippen LogP contribution in [0.4, 0.5) is 5.82 Å². The molecule has 0 radical (unpaired) electrons. The molecule has 14 heavy (non-hydrogen) atoms. The Balaban J connectivity index is 2.90. The lowest BCUT2D eigenvalue weighted by Crippen LogP contribution is -2.21. The second-order valence-electron chi connectivity index (χ2n) is 2.93. The summed E-state index contributed by atoms with van der Waals surface area (Å²) >= 11 is 0. The Hall–Kier alpha value is -1.62. The molecule has 5 heteroatoms. The van der Waals surface area contributed by atoms with E-state index in [1.807, 2.05) is 0 Å². The van der Waals surface area contributed by atoms with Crippen LogP contribution in [0.25, 0.3) is 0 Å². The molecule has 1 aromatic heterocycles. The summed E-state index contributed by atoms with van der Waals surface area (Å²) in [4.78, 5) is 14.6. The molecule has 1 atom stereocenters. The number of hydrogen-bond donors (Lipinski definition) is 3. The van der Waals surface area contributed by atoms with Crippen molar-refractivity contribution in [3.63, 3.8) is 0 Å². The molecule has 0 bridgehead atoms. The highest BCUT2D eigenvalue weighted by Gasteiger charge is 2.11. The number of aliphatic hydroxyl groups is 1. The Labute approximate surface area is 81.4 Å². The van der Waals surface area contributed by atoms with Crippen molar-refractivity contribution < 1.29 is 15.0 Å². The molecule has 0 amide bonds. The van der Waals surface area contributed by atoms with Gasteiger partial charge in [-0.1, -0.05) is 0 Å². The number of anilines is 1. The van der Waals surface area contributed by atoms with Gasteiger partial charge in [0.2, 0.25) is 0 Å². The molecule has 0 aliphatic rings. The van der Waals surface area contributed by atoms with Crippen molar-refractivity contribution in [2.75, 3.05) is 11.9 Å². The fourth-order valence-electron chi connectivity index (χ4n) is 0.972. The van der Waals surface area contributed by atoms with E-state index in [1.54, 1.807) is 13.0 Å². The van der Waals surface area contributed by atoms with Crippen molar-refractivity contribution in [1.82, 2.24) is 4.98 Å². The predicted molar refractivity (Wildman–Crippen MR) is 51.4 cm³/mol. The number of hydrogen-bond acceptors (Lipinski definition) is 4. The van der Waals surface area contributed by atoms with Crippen molar-refractivity contribution in [3.05, 3.63) is 23.9 Å². The third-order valence-corrected chi connectivity index (χ3v) is 1.70. The number of carboxylic acids is 1. The van der Waals surface area contributed by atoms with Crippen LogP contribution in [0.2, 0.25) is 0 Å². The summed E-state index contributed by atoms with van der Waals surface area (Å²) in [6.07, 6.45) is 1.50. The maximum Gasteiger partial charge on any atom is 0.339 e. The maximum absolute atomic E-state index is 10.7. The number of nitrogens with zero attached hydrogens (tertiary/aromatic N) is 1. The number of rotatable bonds is 4. The van der Waals surface area contributed by atoms with E-state index in [1.165, 1.54) is 12.3 Å². The number of carboxylic acid groups (broad SMARTS) is 1. The van der Waals surface area contributed by atoms with Crippen LogP contribution in [0.5, 0.6) is 0 Å². The van der Waals surface area contributed by atoms with Gasteiger partial charge < -0.3 is 15.5 Å². The van der Waals surface area contributed by atoms with E-state index in [0.29, 0.717) is 0 Å².